The molecule has 0 radical (unpaired) electrons. The van der Waals surface area contributed by atoms with Crippen LogP contribution in [-0.4, -0.2) is 42.2 Å². The lowest BCUT2D eigenvalue weighted by Gasteiger charge is -2.31. The number of hydrogen-bond acceptors (Lipinski definition) is 4. The van der Waals surface area contributed by atoms with E-state index in [0.717, 1.165) is 26.2 Å². The molecule has 110 valence electrons. The summed E-state index contributed by atoms with van der Waals surface area (Å²) in [5.41, 5.74) is 6.91. The topological polar surface area (TPSA) is 75.8 Å². The van der Waals surface area contributed by atoms with E-state index in [2.05, 4.69) is 4.90 Å². The Kier molecular flexibility index (Phi) is 5.38. The Labute approximate surface area is 119 Å². The summed E-state index contributed by atoms with van der Waals surface area (Å²) in [5.74, 6) is 0.313. The Bertz CT molecular complexity index is 425. The highest BCUT2D eigenvalue weighted by atomic mass is 16.5. The molecule has 3 N–H and O–H groups in total. The molecule has 0 aliphatic carbocycles. The van der Waals surface area contributed by atoms with Crippen LogP contribution in [0.25, 0.3) is 0 Å². The molecule has 0 atom stereocenters. The largest absolute Gasteiger partial charge is 0.482 e. The zero-order valence-corrected chi connectivity index (χ0v) is 11.6. The van der Waals surface area contributed by atoms with Crippen LogP contribution < -0.4 is 10.5 Å². The lowest BCUT2D eigenvalue weighted by Crippen LogP contribution is -2.35. The molecule has 1 fully saturated rings. The van der Waals surface area contributed by atoms with Crippen LogP contribution in [0.3, 0.4) is 0 Å². The monoisotopic (exact) mass is 278 g/mol. The van der Waals surface area contributed by atoms with Gasteiger partial charge in [0, 0.05) is 6.54 Å². The maximum absolute atomic E-state index is 10.4. The second-order valence-corrected chi connectivity index (χ2v) is 5.28. The minimum Gasteiger partial charge on any atom is -0.482 e. The highest BCUT2D eigenvalue weighted by Crippen LogP contribution is 2.19. The summed E-state index contributed by atoms with van der Waals surface area (Å²) >= 11 is 0. The molecular formula is C15H22N2O3. The fourth-order valence-electron chi connectivity index (χ4n) is 2.47. The van der Waals surface area contributed by atoms with Crippen molar-refractivity contribution < 1.29 is 14.6 Å². The first-order valence-corrected chi connectivity index (χ1v) is 7.03. The molecule has 0 bridgehead atoms. The molecular weight excluding hydrogens is 256 g/mol. The number of piperidine rings is 1. The van der Waals surface area contributed by atoms with Crippen molar-refractivity contribution in [1.82, 2.24) is 4.90 Å². The first kappa shape index (κ1) is 14.8. The number of nitrogens with two attached hydrogens (primary N) is 1. The summed E-state index contributed by atoms with van der Waals surface area (Å²) in [4.78, 5) is 12.8. The predicted octanol–water partition coefficient (Wildman–Crippen LogP) is 1.32. The third-order valence-electron chi connectivity index (χ3n) is 3.73. The van der Waals surface area contributed by atoms with Crippen LogP contribution in [-0.2, 0) is 11.3 Å². The number of rotatable bonds is 6. The molecule has 1 heterocycles. The molecule has 1 aliphatic heterocycles. The van der Waals surface area contributed by atoms with Crippen LogP contribution in [0.2, 0.25) is 0 Å². The molecule has 0 unspecified atom stereocenters. The molecule has 0 amide bonds. The molecule has 1 aromatic carbocycles. The maximum Gasteiger partial charge on any atom is 0.341 e. The minimum absolute atomic E-state index is 0.300. The van der Waals surface area contributed by atoms with Crippen molar-refractivity contribution in [2.24, 2.45) is 11.7 Å². The highest BCUT2D eigenvalue weighted by Gasteiger charge is 2.17. The van der Waals surface area contributed by atoms with Crippen molar-refractivity contribution in [3.05, 3.63) is 29.8 Å². The quantitative estimate of drug-likeness (QED) is 0.821. The van der Waals surface area contributed by atoms with E-state index < -0.39 is 5.97 Å². The Balaban J connectivity index is 1.80. The minimum atomic E-state index is -0.961. The van der Waals surface area contributed by atoms with E-state index in [-0.39, 0.29) is 6.61 Å². The van der Waals surface area contributed by atoms with Crippen LogP contribution >= 0.6 is 0 Å². The average molecular weight is 278 g/mol. The number of hydrogen-bond donors (Lipinski definition) is 2. The van der Waals surface area contributed by atoms with E-state index in [1.165, 1.54) is 18.4 Å². The van der Waals surface area contributed by atoms with E-state index >= 15 is 0 Å². The summed E-state index contributed by atoms with van der Waals surface area (Å²) in [6.45, 7) is 3.62. The van der Waals surface area contributed by atoms with Gasteiger partial charge in [0.2, 0.25) is 0 Å². The highest BCUT2D eigenvalue weighted by molar-refractivity contribution is 5.68. The lowest BCUT2D eigenvalue weighted by atomic mass is 9.97. The van der Waals surface area contributed by atoms with Gasteiger partial charge in [-0.2, -0.15) is 0 Å². The first-order valence-electron chi connectivity index (χ1n) is 7.03. The van der Waals surface area contributed by atoms with Gasteiger partial charge in [0.15, 0.2) is 6.61 Å². The molecule has 5 heteroatoms. The van der Waals surface area contributed by atoms with Gasteiger partial charge in [0.05, 0.1) is 0 Å². The average Bonchev–Trinajstić information content (AvgIpc) is 2.47. The normalized spacial score (nSPS) is 17.1. The molecule has 0 spiro atoms. The summed E-state index contributed by atoms with van der Waals surface area (Å²) in [6, 6.07) is 7.63. The van der Waals surface area contributed by atoms with Crippen molar-refractivity contribution in [1.29, 1.82) is 0 Å². The molecule has 20 heavy (non-hydrogen) atoms. The number of carboxylic acids is 1. The fraction of sp³-hybridized carbons (Fsp3) is 0.533. The third-order valence-corrected chi connectivity index (χ3v) is 3.73. The van der Waals surface area contributed by atoms with Gasteiger partial charge >= 0.3 is 5.97 Å². The van der Waals surface area contributed by atoms with Crippen molar-refractivity contribution in [3.63, 3.8) is 0 Å². The lowest BCUT2D eigenvalue weighted by molar-refractivity contribution is -0.139. The summed E-state index contributed by atoms with van der Waals surface area (Å²) < 4.78 is 5.11. The Morgan fingerprint density at radius 3 is 2.50 bits per heavy atom. The van der Waals surface area contributed by atoms with Crippen LogP contribution in [0.1, 0.15) is 18.4 Å². The maximum atomic E-state index is 10.4. The van der Waals surface area contributed by atoms with Gasteiger partial charge in [-0.15, -0.1) is 0 Å². The Morgan fingerprint density at radius 2 is 1.95 bits per heavy atom. The number of benzene rings is 1. The molecule has 0 aromatic heterocycles. The van der Waals surface area contributed by atoms with E-state index in [1.807, 2.05) is 24.3 Å². The number of nitrogens with zero attached hydrogens (tertiary/aromatic N) is 1. The van der Waals surface area contributed by atoms with Gasteiger partial charge in [-0.25, -0.2) is 4.79 Å². The summed E-state index contributed by atoms with van der Waals surface area (Å²) in [5, 5.41) is 8.55. The van der Waals surface area contributed by atoms with Gasteiger partial charge in [-0.3, -0.25) is 4.90 Å². The summed E-state index contributed by atoms with van der Waals surface area (Å²) in [7, 11) is 0. The first-order chi connectivity index (χ1) is 9.67. The van der Waals surface area contributed by atoms with Gasteiger partial charge in [-0.1, -0.05) is 12.1 Å². The Morgan fingerprint density at radius 1 is 1.30 bits per heavy atom. The molecule has 5 nitrogen and oxygen atoms in total. The smallest absolute Gasteiger partial charge is 0.341 e. The van der Waals surface area contributed by atoms with Gasteiger partial charge in [-0.05, 0) is 56.1 Å². The third kappa shape index (κ3) is 4.51. The molecule has 2 rings (SSSR count). The van der Waals surface area contributed by atoms with E-state index in [4.69, 9.17) is 15.6 Å². The molecule has 1 saturated heterocycles. The summed E-state index contributed by atoms with van der Waals surface area (Å²) in [6.07, 6.45) is 2.35. The standard InChI is InChI=1S/C15H22N2O3/c16-9-12-5-7-17(8-6-12)10-13-1-3-14(4-2-13)20-11-15(18)19/h1-4,12H,5-11,16H2,(H,18,19). The second-order valence-electron chi connectivity index (χ2n) is 5.28. The number of carbonyl (C=O) groups is 1. The fourth-order valence-corrected chi connectivity index (χ4v) is 2.47. The van der Waals surface area contributed by atoms with Gasteiger partial charge in [0.1, 0.15) is 5.75 Å². The predicted molar refractivity (Wildman–Crippen MR) is 76.6 cm³/mol. The zero-order valence-electron chi connectivity index (χ0n) is 11.6. The SMILES string of the molecule is NCC1CCN(Cc2ccc(OCC(=O)O)cc2)CC1. The molecule has 1 aromatic rings. The number of carboxylic acid groups (broad SMARTS) is 1. The van der Waals surface area contributed by atoms with Crippen LogP contribution in [0.15, 0.2) is 24.3 Å². The van der Waals surface area contributed by atoms with Crippen LogP contribution in [0.5, 0.6) is 5.75 Å². The van der Waals surface area contributed by atoms with E-state index in [0.29, 0.717) is 11.7 Å². The Hall–Kier alpha value is -1.59. The van der Waals surface area contributed by atoms with Crippen molar-refractivity contribution in [2.45, 2.75) is 19.4 Å². The number of aliphatic carboxylic acids is 1. The van der Waals surface area contributed by atoms with Gasteiger partial charge in [0.25, 0.3) is 0 Å². The van der Waals surface area contributed by atoms with E-state index in [1.54, 1.807) is 0 Å². The van der Waals surface area contributed by atoms with Crippen molar-refractivity contribution in [2.75, 3.05) is 26.2 Å². The number of ether oxygens (including phenoxy) is 1. The molecule has 0 saturated carbocycles. The van der Waals surface area contributed by atoms with Crippen molar-refractivity contribution >= 4 is 5.97 Å². The number of likely N-dealkylation sites (tertiary alicyclic amines) is 1. The van der Waals surface area contributed by atoms with Crippen LogP contribution in [0, 0.1) is 5.92 Å². The second kappa shape index (κ2) is 7.26. The zero-order chi connectivity index (χ0) is 14.4. The van der Waals surface area contributed by atoms with E-state index in [9.17, 15) is 4.79 Å². The van der Waals surface area contributed by atoms with Crippen molar-refractivity contribution in [3.8, 4) is 5.75 Å². The van der Waals surface area contributed by atoms with Gasteiger partial charge < -0.3 is 15.6 Å². The van der Waals surface area contributed by atoms with Crippen LogP contribution in [0.4, 0.5) is 0 Å². The molecule has 1 aliphatic rings.